The van der Waals surface area contributed by atoms with E-state index < -0.39 is 0 Å². The van der Waals surface area contributed by atoms with E-state index in [0.29, 0.717) is 0 Å². The second-order valence-corrected chi connectivity index (χ2v) is 3.36. The third kappa shape index (κ3) is 2.79. The molecular formula is C6H15NO2. The Morgan fingerprint density at radius 2 is 1.56 bits per heavy atom. The zero-order valence-corrected chi connectivity index (χ0v) is 6.42. The van der Waals surface area contributed by atoms with Crippen molar-refractivity contribution in [2.24, 2.45) is 5.41 Å². The van der Waals surface area contributed by atoms with Crippen LogP contribution in [0, 0.1) is 5.41 Å². The molecule has 0 aliphatic rings. The molecule has 0 aliphatic heterocycles. The Bertz CT molecular complexity index is 85.5. The van der Waals surface area contributed by atoms with Crippen LogP contribution >= 0.6 is 0 Å². The monoisotopic (exact) mass is 133 g/mol. The SMILES string of the molecule is CC(N(O)O)C(C)(C)C. The summed E-state index contributed by atoms with van der Waals surface area (Å²) in [6.07, 6.45) is 0. The first-order valence-electron chi connectivity index (χ1n) is 3.02. The Balaban J connectivity index is 3.88. The maximum absolute atomic E-state index is 8.55. The fourth-order valence-electron chi connectivity index (χ4n) is 0.346. The largest absolute Gasteiger partial charge is 0.289 e. The molecular weight excluding hydrogens is 118 g/mol. The summed E-state index contributed by atoms with van der Waals surface area (Å²) in [5.74, 6) is 0. The van der Waals surface area contributed by atoms with Crippen LogP contribution in [-0.2, 0) is 0 Å². The molecule has 0 radical (unpaired) electrons. The molecule has 0 spiro atoms. The van der Waals surface area contributed by atoms with Crippen LogP contribution in [-0.4, -0.2) is 21.7 Å². The molecule has 0 aliphatic carbocycles. The fraction of sp³-hybridized carbons (Fsp3) is 1.00. The van der Waals surface area contributed by atoms with Gasteiger partial charge in [0.05, 0.1) is 6.04 Å². The van der Waals surface area contributed by atoms with E-state index in [1.165, 1.54) is 0 Å². The molecule has 0 aromatic heterocycles. The molecule has 1 unspecified atom stereocenters. The maximum atomic E-state index is 8.55. The van der Waals surface area contributed by atoms with Gasteiger partial charge in [-0.25, -0.2) is 0 Å². The van der Waals surface area contributed by atoms with Crippen molar-refractivity contribution in [1.82, 2.24) is 5.23 Å². The Morgan fingerprint density at radius 3 is 1.56 bits per heavy atom. The van der Waals surface area contributed by atoms with Crippen molar-refractivity contribution in [3.63, 3.8) is 0 Å². The van der Waals surface area contributed by atoms with Gasteiger partial charge in [0.2, 0.25) is 0 Å². The predicted molar refractivity (Wildman–Crippen MR) is 34.3 cm³/mol. The van der Waals surface area contributed by atoms with Crippen LogP contribution in [0.3, 0.4) is 0 Å². The van der Waals surface area contributed by atoms with Crippen LogP contribution in [0.4, 0.5) is 0 Å². The zero-order chi connectivity index (χ0) is 7.65. The molecule has 2 N–H and O–H groups in total. The van der Waals surface area contributed by atoms with Crippen LogP contribution in [0.25, 0.3) is 0 Å². The first-order chi connectivity index (χ1) is 3.85. The summed E-state index contributed by atoms with van der Waals surface area (Å²) in [7, 11) is 0. The second-order valence-electron chi connectivity index (χ2n) is 3.36. The van der Waals surface area contributed by atoms with Crippen molar-refractivity contribution in [3.05, 3.63) is 0 Å². The van der Waals surface area contributed by atoms with Gasteiger partial charge < -0.3 is 0 Å². The average Bonchev–Trinajstić information content (AvgIpc) is 1.62. The molecule has 0 saturated heterocycles. The van der Waals surface area contributed by atoms with E-state index in [1.807, 2.05) is 20.8 Å². The van der Waals surface area contributed by atoms with E-state index >= 15 is 0 Å². The van der Waals surface area contributed by atoms with Crippen molar-refractivity contribution in [3.8, 4) is 0 Å². The van der Waals surface area contributed by atoms with Crippen LogP contribution in [0.5, 0.6) is 0 Å². The van der Waals surface area contributed by atoms with Gasteiger partial charge in [-0.1, -0.05) is 26.0 Å². The molecule has 0 aromatic rings. The van der Waals surface area contributed by atoms with Gasteiger partial charge in [-0.3, -0.25) is 10.4 Å². The van der Waals surface area contributed by atoms with Crippen molar-refractivity contribution < 1.29 is 10.4 Å². The van der Waals surface area contributed by atoms with E-state index in [-0.39, 0.29) is 16.7 Å². The number of nitrogens with zero attached hydrogens (tertiary/aromatic N) is 1. The first-order valence-corrected chi connectivity index (χ1v) is 3.02. The van der Waals surface area contributed by atoms with Gasteiger partial charge in [0, 0.05) is 0 Å². The minimum absolute atomic E-state index is 0.0938. The lowest BCUT2D eigenvalue weighted by atomic mass is 9.88. The Hall–Kier alpha value is -0.120. The van der Waals surface area contributed by atoms with Gasteiger partial charge >= 0.3 is 0 Å². The van der Waals surface area contributed by atoms with Crippen LogP contribution in [0.1, 0.15) is 27.7 Å². The van der Waals surface area contributed by atoms with Crippen LogP contribution in [0.15, 0.2) is 0 Å². The number of hydroxylamine groups is 2. The van der Waals surface area contributed by atoms with E-state index in [2.05, 4.69) is 0 Å². The highest BCUT2D eigenvalue weighted by Gasteiger charge is 2.24. The molecule has 9 heavy (non-hydrogen) atoms. The lowest BCUT2D eigenvalue weighted by molar-refractivity contribution is -0.342. The molecule has 0 fully saturated rings. The molecule has 0 rings (SSSR count). The van der Waals surface area contributed by atoms with Crippen molar-refractivity contribution >= 4 is 0 Å². The van der Waals surface area contributed by atoms with E-state index in [9.17, 15) is 0 Å². The van der Waals surface area contributed by atoms with Gasteiger partial charge in [-0.15, -0.1) is 0 Å². The molecule has 0 bridgehead atoms. The molecule has 3 heteroatoms. The maximum Gasteiger partial charge on any atom is 0.0643 e. The smallest absolute Gasteiger partial charge is 0.0643 e. The van der Waals surface area contributed by atoms with Crippen molar-refractivity contribution in [1.29, 1.82) is 0 Å². The van der Waals surface area contributed by atoms with Crippen LogP contribution < -0.4 is 0 Å². The summed E-state index contributed by atoms with van der Waals surface area (Å²) in [4.78, 5) is 0. The highest BCUT2D eigenvalue weighted by molar-refractivity contribution is 4.71. The minimum Gasteiger partial charge on any atom is -0.289 e. The first kappa shape index (κ1) is 8.88. The summed E-state index contributed by atoms with van der Waals surface area (Å²) in [5.41, 5.74) is -0.0938. The van der Waals surface area contributed by atoms with Crippen molar-refractivity contribution in [2.75, 3.05) is 0 Å². The summed E-state index contributed by atoms with van der Waals surface area (Å²) >= 11 is 0. The topological polar surface area (TPSA) is 43.7 Å². The summed E-state index contributed by atoms with van der Waals surface area (Å²) in [6, 6.07) is -0.238. The van der Waals surface area contributed by atoms with Gasteiger partial charge in [0.25, 0.3) is 0 Å². The molecule has 0 heterocycles. The van der Waals surface area contributed by atoms with Gasteiger partial charge in [0.1, 0.15) is 0 Å². The number of hydrogen-bond acceptors (Lipinski definition) is 3. The van der Waals surface area contributed by atoms with E-state index in [4.69, 9.17) is 10.4 Å². The Morgan fingerprint density at radius 1 is 1.22 bits per heavy atom. The van der Waals surface area contributed by atoms with Gasteiger partial charge in [-0.2, -0.15) is 0 Å². The van der Waals surface area contributed by atoms with Crippen molar-refractivity contribution in [2.45, 2.75) is 33.7 Å². The molecule has 1 atom stereocenters. The normalized spacial score (nSPS) is 16.3. The Labute approximate surface area is 55.8 Å². The van der Waals surface area contributed by atoms with Gasteiger partial charge in [0.15, 0.2) is 0 Å². The van der Waals surface area contributed by atoms with Crippen LogP contribution in [0.2, 0.25) is 0 Å². The average molecular weight is 133 g/mol. The van der Waals surface area contributed by atoms with E-state index in [0.717, 1.165) is 0 Å². The molecule has 0 aromatic carbocycles. The summed E-state index contributed by atoms with van der Waals surface area (Å²) in [6.45, 7) is 7.57. The number of rotatable bonds is 1. The standard InChI is InChI=1S/C6H15NO2/c1-5(7(8)9)6(2,3)4/h5,8-9H,1-4H3. The molecule has 56 valence electrons. The third-order valence-corrected chi connectivity index (χ3v) is 1.60. The highest BCUT2D eigenvalue weighted by Crippen LogP contribution is 2.21. The molecule has 0 amide bonds. The summed E-state index contributed by atoms with van der Waals surface area (Å²) < 4.78 is 0. The minimum atomic E-state index is -0.238. The highest BCUT2D eigenvalue weighted by atomic mass is 16.8. The lowest BCUT2D eigenvalue weighted by Crippen LogP contribution is -2.37. The number of hydrogen-bond donors (Lipinski definition) is 2. The lowest BCUT2D eigenvalue weighted by Gasteiger charge is -2.29. The predicted octanol–water partition coefficient (Wildman–Crippen LogP) is 1.50. The third-order valence-electron chi connectivity index (χ3n) is 1.60. The summed E-state index contributed by atoms with van der Waals surface area (Å²) in [5, 5.41) is 17.3. The molecule has 3 nitrogen and oxygen atoms in total. The second kappa shape index (κ2) is 2.64. The van der Waals surface area contributed by atoms with E-state index in [1.54, 1.807) is 6.92 Å². The fourth-order valence-corrected chi connectivity index (χ4v) is 0.346. The Kier molecular flexibility index (Phi) is 2.61. The zero-order valence-electron chi connectivity index (χ0n) is 6.42. The van der Waals surface area contributed by atoms with Gasteiger partial charge in [-0.05, 0) is 12.3 Å². The quantitative estimate of drug-likeness (QED) is 0.533. The molecule has 0 saturated carbocycles.